The van der Waals surface area contributed by atoms with Crippen molar-refractivity contribution in [3.05, 3.63) is 101 Å². The molecule has 1 saturated carbocycles. The van der Waals surface area contributed by atoms with Crippen molar-refractivity contribution in [3.63, 3.8) is 0 Å². The van der Waals surface area contributed by atoms with E-state index in [9.17, 15) is 0 Å². The number of rotatable bonds is 3. The van der Waals surface area contributed by atoms with Crippen molar-refractivity contribution >= 4 is 0 Å². The van der Waals surface area contributed by atoms with Crippen molar-refractivity contribution in [1.82, 2.24) is 0 Å². The smallest absolute Gasteiger partial charge is 1.00 e. The van der Waals surface area contributed by atoms with E-state index in [0.29, 0.717) is 29.6 Å². The van der Waals surface area contributed by atoms with Crippen LogP contribution in [0.2, 0.25) is 0 Å². The van der Waals surface area contributed by atoms with Gasteiger partial charge in [-0.1, -0.05) is 89.7 Å². The molecule has 0 aromatic heterocycles. The van der Waals surface area contributed by atoms with Gasteiger partial charge in [-0.05, 0) is 44.7 Å². The van der Waals surface area contributed by atoms with Crippen LogP contribution in [0.3, 0.4) is 0 Å². The second-order valence-corrected chi connectivity index (χ2v) is 8.87. The first-order chi connectivity index (χ1) is 12.9. The Kier molecular flexibility index (Phi) is 12.5. The summed E-state index contributed by atoms with van der Waals surface area (Å²) in [5.74, 6) is 2.79. The third kappa shape index (κ3) is 6.52. The molecule has 4 heteroatoms. The molecule has 2 aliphatic rings. The van der Waals surface area contributed by atoms with Gasteiger partial charge in [-0.3, -0.25) is 0 Å². The summed E-state index contributed by atoms with van der Waals surface area (Å²) in [7, 11) is 0. The van der Waals surface area contributed by atoms with Crippen molar-refractivity contribution in [3.8, 4) is 0 Å². The van der Waals surface area contributed by atoms with Gasteiger partial charge in [-0.2, -0.15) is 5.92 Å². The summed E-state index contributed by atoms with van der Waals surface area (Å²) in [4.78, 5) is 0. The molecule has 0 spiro atoms. The fourth-order valence-corrected chi connectivity index (χ4v) is 5.59. The number of halogens is 3. The van der Waals surface area contributed by atoms with E-state index in [2.05, 4.69) is 102 Å². The number of hydrogen-bond donors (Lipinski definition) is 0. The van der Waals surface area contributed by atoms with Crippen LogP contribution in [0.15, 0.2) is 60.7 Å². The van der Waals surface area contributed by atoms with Crippen molar-refractivity contribution in [2.75, 3.05) is 0 Å². The summed E-state index contributed by atoms with van der Waals surface area (Å²) in [6.07, 6.45) is 11.9. The summed E-state index contributed by atoms with van der Waals surface area (Å²) in [5, 5.41) is 0. The molecule has 0 N–H and O–H groups in total. The molecule has 0 radical (unpaired) electrons. The van der Waals surface area contributed by atoms with Crippen molar-refractivity contribution in [2.45, 2.75) is 40.5 Å². The quantitative estimate of drug-likeness (QED) is 0.328. The number of allylic oxidation sites excluding steroid dienone is 4. The Labute approximate surface area is 222 Å². The van der Waals surface area contributed by atoms with Gasteiger partial charge in [0.05, 0.1) is 0 Å². The first kappa shape index (κ1) is 30.5. The van der Waals surface area contributed by atoms with Crippen LogP contribution < -0.4 is 37.2 Å². The van der Waals surface area contributed by atoms with E-state index >= 15 is 0 Å². The minimum atomic E-state index is 0. The van der Waals surface area contributed by atoms with Gasteiger partial charge in [-0.25, -0.2) is 0 Å². The molecule has 164 valence electrons. The topological polar surface area (TPSA) is 0 Å². The van der Waals surface area contributed by atoms with E-state index < -0.39 is 0 Å². The first-order valence-corrected chi connectivity index (χ1v) is 10.3. The molecule has 2 aliphatic carbocycles. The molecule has 1 fully saturated rings. The molecule has 31 heavy (non-hydrogen) atoms. The normalized spacial score (nSPS) is 23.2. The molecule has 4 atom stereocenters. The molecule has 0 saturated heterocycles. The maximum Gasteiger partial charge on any atom is 4.00 e. The third-order valence-electron chi connectivity index (χ3n) is 6.39. The summed E-state index contributed by atoms with van der Waals surface area (Å²) >= 11 is 0. The van der Waals surface area contributed by atoms with E-state index in [1.54, 1.807) is 0 Å². The van der Waals surface area contributed by atoms with E-state index in [0.717, 1.165) is 0 Å². The van der Waals surface area contributed by atoms with Crippen LogP contribution in [0, 0.1) is 57.8 Å². The van der Waals surface area contributed by atoms with Crippen LogP contribution in [-0.4, -0.2) is 0 Å². The molecule has 2 aromatic rings. The van der Waals surface area contributed by atoms with Crippen LogP contribution >= 0.6 is 0 Å². The SMILES string of the molecule is Cc1cc(C)cc(C(c2cc(C)cc(C)c2)C2C(C)[CH-]C3C=CC=CC32)c1.[Cl-].[Cl-].[Cl-].[Ti+4]. The molecule has 2 aromatic carbocycles. The predicted molar refractivity (Wildman–Crippen MR) is 116 cm³/mol. The summed E-state index contributed by atoms with van der Waals surface area (Å²) in [6.45, 7) is 11.3. The summed E-state index contributed by atoms with van der Waals surface area (Å²) in [5.41, 5.74) is 8.42. The fraction of sp³-hybridized carbons (Fsp3) is 0.370. The monoisotopic (exact) mass is 508 g/mol. The fourth-order valence-electron chi connectivity index (χ4n) is 5.59. The van der Waals surface area contributed by atoms with Gasteiger partial charge in [0.1, 0.15) is 0 Å². The second kappa shape index (κ2) is 12.7. The van der Waals surface area contributed by atoms with E-state index in [1.165, 1.54) is 33.4 Å². The number of hydrogen-bond acceptors (Lipinski definition) is 0. The van der Waals surface area contributed by atoms with E-state index in [4.69, 9.17) is 0 Å². The Hall–Kier alpha value is -0.496. The van der Waals surface area contributed by atoms with Gasteiger partial charge in [0.2, 0.25) is 0 Å². The number of fused-ring (bicyclic) bond motifs is 1. The standard InChI is InChI=1S/C27H31.3ClH.Ti/c1-17-10-18(2)13-23(12-17)27(24-14-19(3)11-20(4)15-24)26-21(5)16-22-8-6-7-9-25(22)26;;;;/h6-16,21-22,25-27H,1-5H3;3*1H;/q-1;;;;+4/p-3. The van der Waals surface area contributed by atoms with Gasteiger partial charge in [0, 0.05) is 5.92 Å². The van der Waals surface area contributed by atoms with Crippen LogP contribution in [0.1, 0.15) is 46.2 Å². The molecule has 0 aliphatic heterocycles. The first-order valence-electron chi connectivity index (χ1n) is 10.3. The number of aryl methyl sites for hydroxylation is 4. The summed E-state index contributed by atoms with van der Waals surface area (Å²) in [6, 6.07) is 14.2. The van der Waals surface area contributed by atoms with Crippen LogP contribution in [0.4, 0.5) is 0 Å². The van der Waals surface area contributed by atoms with Gasteiger partial charge in [0.25, 0.3) is 0 Å². The van der Waals surface area contributed by atoms with Crippen molar-refractivity contribution < 1.29 is 58.9 Å². The molecular weight excluding hydrogens is 479 g/mol. The molecule has 4 unspecified atom stereocenters. The zero-order valence-corrected chi connectivity index (χ0v) is 22.7. The molecule has 0 heterocycles. The van der Waals surface area contributed by atoms with E-state index in [1.807, 2.05) is 0 Å². The van der Waals surface area contributed by atoms with Gasteiger partial charge >= 0.3 is 21.7 Å². The average molecular weight is 510 g/mol. The van der Waals surface area contributed by atoms with Crippen LogP contribution in [0.5, 0.6) is 0 Å². The summed E-state index contributed by atoms with van der Waals surface area (Å²) < 4.78 is 0. The van der Waals surface area contributed by atoms with Gasteiger partial charge in [-0.15, -0.1) is 12.0 Å². The second-order valence-electron chi connectivity index (χ2n) is 8.87. The van der Waals surface area contributed by atoms with Gasteiger partial charge < -0.3 is 43.6 Å². The number of benzene rings is 2. The minimum absolute atomic E-state index is 0. The zero-order chi connectivity index (χ0) is 19.1. The maximum absolute atomic E-state index is 2.58. The third-order valence-corrected chi connectivity index (χ3v) is 6.39. The Bertz CT molecular complexity index is 827. The van der Waals surface area contributed by atoms with Crippen molar-refractivity contribution in [1.29, 1.82) is 0 Å². The Balaban J connectivity index is 0.00000225. The molecule has 0 amide bonds. The average Bonchev–Trinajstić information content (AvgIpc) is 2.90. The zero-order valence-electron chi connectivity index (χ0n) is 18.9. The Morgan fingerprint density at radius 2 is 1.10 bits per heavy atom. The Morgan fingerprint density at radius 1 is 0.677 bits per heavy atom. The van der Waals surface area contributed by atoms with Crippen molar-refractivity contribution in [2.24, 2.45) is 23.7 Å². The Morgan fingerprint density at radius 3 is 1.55 bits per heavy atom. The van der Waals surface area contributed by atoms with Crippen LogP contribution in [0.25, 0.3) is 0 Å². The molecule has 4 rings (SSSR count). The molecule has 0 nitrogen and oxygen atoms in total. The van der Waals surface area contributed by atoms with Gasteiger partial charge in [0.15, 0.2) is 0 Å². The maximum atomic E-state index is 2.58. The van der Waals surface area contributed by atoms with Crippen LogP contribution in [-0.2, 0) is 21.7 Å². The van der Waals surface area contributed by atoms with E-state index in [-0.39, 0.29) is 58.9 Å². The molecule has 0 bridgehead atoms. The minimum Gasteiger partial charge on any atom is -1.00 e. The predicted octanol–water partition coefficient (Wildman–Crippen LogP) is -2.11. The largest absolute Gasteiger partial charge is 4.00 e. The molecular formula is C27H31Cl3Ti.